The fraction of sp³-hybridized carbons (Fsp3) is 0.294. The third kappa shape index (κ3) is 4.33. The Morgan fingerprint density at radius 1 is 0.952 bits per heavy atom. The van der Waals surface area contributed by atoms with Crippen LogP contribution in [0.3, 0.4) is 0 Å². The van der Waals surface area contributed by atoms with Gasteiger partial charge in [0.25, 0.3) is 0 Å². The lowest BCUT2D eigenvalue weighted by Gasteiger charge is -2.08. The van der Waals surface area contributed by atoms with Gasteiger partial charge in [-0.1, -0.05) is 36.8 Å². The molecular formula is C17H21NO2S. The van der Waals surface area contributed by atoms with Crippen LogP contribution in [0.15, 0.2) is 53.4 Å². The molecule has 2 aromatic rings. The zero-order valence-corrected chi connectivity index (χ0v) is 13.3. The molecule has 0 aliphatic heterocycles. The third-order valence-corrected chi connectivity index (χ3v) is 5.24. The predicted molar refractivity (Wildman–Crippen MR) is 87.3 cm³/mol. The van der Waals surface area contributed by atoms with Gasteiger partial charge in [0.1, 0.15) is 0 Å². The number of aryl methyl sites for hydroxylation is 1. The van der Waals surface area contributed by atoms with Gasteiger partial charge in [-0.15, -0.1) is 0 Å². The Balaban J connectivity index is 2.01. The Morgan fingerprint density at radius 2 is 1.57 bits per heavy atom. The van der Waals surface area contributed by atoms with Crippen molar-refractivity contribution in [3.05, 3.63) is 59.7 Å². The smallest absolute Gasteiger partial charge is 0.178 e. The van der Waals surface area contributed by atoms with Crippen molar-refractivity contribution in [2.24, 2.45) is 0 Å². The Hall–Kier alpha value is -1.81. The minimum atomic E-state index is -3.13. The quantitative estimate of drug-likeness (QED) is 0.883. The molecule has 0 heterocycles. The summed E-state index contributed by atoms with van der Waals surface area (Å²) in [5, 5.41) is 3.30. The van der Waals surface area contributed by atoms with E-state index in [1.807, 2.05) is 19.1 Å². The summed E-state index contributed by atoms with van der Waals surface area (Å²) >= 11 is 0. The van der Waals surface area contributed by atoms with Crippen molar-refractivity contribution in [3.8, 4) is 0 Å². The molecule has 0 unspecified atom stereocenters. The molecule has 0 aliphatic rings. The summed E-state index contributed by atoms with van der Waals surface area (Å²) in [4.78, 5) is 0.394. The average Bonchev–Trinajstić information content (AvgIpc) is 2.47. The maximum Gasteiger partial charge on any atom is 0.178 e. The average molecular weight is 303 g/mol. The Kier molecular flexibility index (Phi) is 5.02. The van der Waals surface area contributed by atoms with Gasteiger partial charge in [0.15, 0.2) is 9.84 Å². The highest BCUT2D eigenvalue weighted by molar-refractivity contribution is 7.91. The number of rotatable bonds is 6. The van der Waals surface area contributed by atoms with Crippen molar-refractivity contribution in [2.75, 3.05) is 11.1 Å². The molecule has 4 heteroatoms. The molecule has 2 aromatic carbocycles. The lowest BCUT2D eigenvalue weighted by molar-refractivity contribution is 0.595. The first-order chi connectivity index (χ1) is 10.0. The van der Waals surface area contributed by atoms with Gasteiger partial charge < -0.3 is 5.32 Å². The topological polar surface area (TPSA) is 46.2 Å². The van der Waals surface area contributed by atoms with Crippen molar-refractivity contribution in [1.29, 1.82) is 0 Å². The van der Waals surface area contributed by atoms with Gasteiger partial charge >= 0.3 is 0 Å². The number of anilines is 1. The number of hydrogen-bond donors (Lipinski definition) is 1. The van der Waals surface area contributed by atoms with Crippen LogP contribution in [0.25, 0.3) is 0 Å². The maximum absolute atomic E-state index is 11.9. The molecule has 0 amide bonds. The summed E-state index contributed by atoms with van der Waals surface area (Å²) in [6, 6.07) is 15.3. The lowest BCUT2D eigenvalue weighted by atomic mass is 10.1. The van der Waals surface area contributed by atoms with Crippen LogP contribution in [0.2, 0.25) is 0 Å². The molecule has 0 saturated heterocycles. The highest BCUT2D eigenvalue weighted by Gasteiger charge is 2.12. The largest absolute Gasteiger partial charge is 0.381 e. The lowest BCUT2D eigenvalue weighted by Crippen LogP contribution is -2.06. The van der Waals surface area contributed by atoms with E-state index >= 15 is 0 Å². The summed E-state index contributed by atoms with van der Waals surface area (Å²) < 4.78 is 23.9. The molecule has 0 aliphatic carbocycles. The molecule has 0 fully saturated rings. The number of nitrogens with one attached hydrogen (secondary N) is 1. The standard InChI is InChI=1S/C17H21NO2S/c1-3-12-21(19,20)17-10-8-16(9-11-17)18-13-15-6-4-14(2)5-7-15/h4-11,18H,3,12-13H2,1-2H3. The second-order valence-corrected chi connectivity index (χ2v) is 7.29. The Bertz CT molecular complexity index is 674. The van der Waals surface area contributed by atoms with Crippen molar-refractivity contribution < 1.29 is 8.42 Å². The van der Waals surface area contributed by atoms with Gasteiger partial charge in [-0.3, -0.25) is 0 Å². The molecular weight excluding hydrogens is 282 g/mol. The van der Waals surface area contributed by atoms with E-state index in [0.29, 0.717) is 11.3 Å². The second-order valence-electron chi connectivity index (χ2n) is 5.18. The van der Waals surface area contributed by atoms with Crippen molar-refractivity contribution in [2.45, 2.75) is 31.7 Å². The monoisotopic (exact) mass is 303 g/mol. The van der Waals surface area contributed by atoms with E-state index in [1.54, 1.807) is 12.1 Å². The van der Waals surface area contributed by atoms with Crippen LogP contribution in [0.1, 0.15) is 24.5 Å². The molecule has 0 aromatic heterocycles. The highest BCUT2D eigenvalue weighted by atomic mass is 32.2. The molecule has 0 atom stereocenters. The zero-order chi connectivity index (χ0) is 15.3. The van der Waals surface area contributed by atoms with Crippen LogP contribution < -0.4 is 5.32 Å². The Morgan fingerprint density at radius 3 is 2.14 bits per heavy atom. The maximum atomic E-state index is 11.9. The van der Waals surface area contributed by atoms with Crippen LogP contribution in [0.5, 0.6) is 0 Å². The number of hydrogen-bond acceptors (Lipinski definition) is 3. The fourth-order valence-corrected chi connectivity index (χ4v) is 3.40. The van der Waals surface area contributed by atoms with Gasteiger partial charge in [-0.2, -0.15) is 0 Å². The van der Waals surface area contributed by atoms with Gasteiger partial charge in [0, 0.05) is 12.2 Å². The van der Waals surface area contributed by atoms with Crippen LogP contribution >= 0.6 is 0 Å². The van der Waals surface area contributed by atoms with Gasteiger partial charge in [0.2, 0.25) is 0 Å². The summed E-state index contributed by atoms with van der Waals surface area (Å²) in [6.45, 7) is 4.66. The molecule has 2 rings (SSSR count). The summed E-state index contributed by atoms with van der Waals surface area (Å²) in [5.74, 6) is 0.198. The summed E-state index contributed by atoms with van der Waals surface area (Å²) in [5.41, 5.74) is 3.36. The molecule has 0 saturated carbocycles. The fourth-order valence-electron chi connectivity index (χ4n) is 2.08. The predicted octanol–water partition coefficient (Wildman–Crippen LogP) is 3.79. The number of sulfone groups is 1. The van der Waals surface area contributed by atoms with E-state index in [1.165, 1.54) is 11.1 Å². The van der Waals surface area contributed by atoms with E-state index in [4.69, 9.17) is 0 Å². The molecule has 112 valence electrons. The second kappa shape index (κ2) is 6.76. The minimum Gasteiger partial charge on any atom is -0.381 e. The van der Waals surface area contributed by atoms with Gasteiger partial charge in [0.05, 0.1) is 10.6 Å². The third-order valence-electron chi connectivity index (χ3n) is 3.30. The molecule has 0 spiro atoms. The zero-order valence-electron chi connectivity index (χ0n) is 12.5. The molecule has 0 radical (unpaired) electrons. The first-order valence-electron chi connectivity index (χ1n) is 7.13. The summed E-state index contributed by atoms with van der Waals surface area (Å²) in [6.07, 6.45) is 0.635. The molecule has 21 heavy (non-hydrogen) atoms. The normalized spacial score (nSPS) is 11.3. The van der Waals surface area contributed by atoms with E-state index in [9.17, 15) is 8.42 Å². The van der Waals surface area contributed by atoms with E-state index in [0.717, 1.165) is 12.2 Å². The first-order valence-corrected chi connectivity index (χ1v) is 8.79. The molecule has 3 nitrogen and oxygen atoms in total. The van der Waals surface area contributed by atoms with Crippen molar-refractivity contribution >= 4 is 15.5 Å². The van der Waals surface area contributed by atoms with Crippen molar-refractivity contribution in [3.63, 3.8) is 0 Å². The van der Waals surface area contributed by atoms with Crippen LogP contribution in [-0.4, -0.2) is 14.2 Å². The Labute approximate surface area is 126 Å². The van der Waals surface area contributed by atoms with Gasteiger partial charge in [-0.25, -0.2) is 8.42 Å². The highest BCUT2D eigenvalue weighted by Crippen LogP contribution is 2.17. The van der Waals surface area contributed by atoms with Crippen LogP contribution in [0.4, 0.5) is 5.69 Å². The van der Waals surface area contributed by atoms with Crippen molar-refractivity contribution in [1.82, 2.24) is 0 Å². The van der Waals surface area contributed by atoms with E-state index < -0.39 is 9.84 Å². The van der Waals surface area contributed by atoms with E-state index in [-0.39, 0.29) is 5.75 Å². The SMILES string of the molecule is CCCS(=O)(=O)c1ccc(NCc2ccc(C)cc2)cc1. The molecule has 0 bridgehead atoms. The molecule has 1 N–H and O–H groups in total. The minimum absolute atomic E-state index is 0.198. The van der Waals surface area contributed by atoms with E-state index in [2.05, 4.69) is 36.5 Å². The number of benzene rings is 2. The first kappa shape index (κ1) is 15.6. The van der Waals surface area contributed by atoms with Crippen LogP contribution in [-0.2, 0) is 16.4 Å². The summed E-state index contributed by atoms with van der Waals surface area (Å²) in [7, 11) is -3.13. The van der Waals surface area contributed by atoms with Gasteiger partial charge in [-0.05, 0) is 43.2 Å². The van der Waals surface area contributed by atoms with Crippen LogP contribution in [0, 0.1) is 6.92 Å².